The van der Waals surface area contributed by atoms with Crippen molar-refractivity contribution >= 4 is 0 Å². The summed E-state index contributed by atoms with van der Waals surface area (Å²) < 4.78 is 5.61. The monoisotopic (exact) mass is 251 g/mol. The van der Waals surface area contributed by atoms with Crippen molar-refractivity contribution in [2.24, 2.45) is 34.8 Å². The molecule has 3 N–H and O–H groups in total. The highest BCUT2D eigenvalue weighted by atomic mass is 16.5. The molecule has 1 saturated heterocycles. The molecule has 4 aliphatic rings. The Morgan fingerprint density at radius 3 is 2.83 bits per heavy atom. The summed E-state index contributed by atoms with van der Waals surface area (Å²) in [4.78, 5) is 0. The van der Waals surface area contributed by atoms with E-state index in [1.165, 1.54) is 25.7 Å². The molecule has 4 rings (SSSR count). The van der Waals surface area contributed by atoms with Gasteiger partial charge in [0.15, 0.2) is 0 Å². The maximum absolute atomic E-state index is 11.4. The predicted molar refractivity (Wildman–Crippen MR) is 68.9 cm³/mol. The zero-order valence-electron chi connectivity index (χ0n) is 11.1. The Morgan fingerprint density at radius 1 is 1.28 bits per heavy atom. The number of aliphatic hydroxyl groups is 1. The van der Waals surface area contributed by atoms with E-state index in [9.17, 15) is 5.11 Å². The molecule has 0 amide bonds. The van der Waals surface area contributed by atoms with Crippen LogP contribution in [0, 0.1) is 29.1 Å². The van der Waals surface area contributed by atoms with Crippen LogP contribution in [0.3, 0.4) is 0 Å². The minimum Gasteiger partial charge on any atom is -0.389 e. The van der Waals surface area contributed by atoms with Crippen molar-refractivity contribution in [1.29, 1.82) is 0 Å². The number of rotatable bonds is 2. The van der Waals surface area contributed by atoms with Crippen molar-refractivity contribution in [2.75, 3.05) is 19.8 Å². The van der Waals surface area contributed by atoms with E-state index in [4.69, 9.17) is 10.5 Å². The van der Waals surface area contributed by atoms with E-state index in [-0.39, 0.29) is 5.41 Å². The summed E-state index contributed by atoms with van der Waals surface area (Å²) in [5.41, 5.74) is 5.40. The van der Waals surface area contributed by atoms with Crippen LogP contribution in [0.5, 0.6) is 0 Å². The summed E-state index contributed by atoms with van der Waals surface area (Å²) in [5.74, 6) is 3.00. The smallest absolute Gasteiger partial charge is 0.0772 e. The molecule has 0 aromatic carbocycles. The molecule has 3 aliphatic carbocycles. The standard InChI is InChI=1S/C15H25NO2/c16-8-14(4-5-18-9-14)15(17)7-10-6-13(15)12-3-1-2-11(10)12/h10-13,17H,1-9,16H2. The van der Waals surface area contributed by atoms with Gasteiger partial charge < -0.3 is 15.6 Å². The Bertz CT molecular complexity index is 352. The fraction of sp³-hybridized carbons (Fsp3) is 1.00. The maximum Gasteiger partial charge on any atom is 0.0772 e. The van der Waals surface area contributed by atoms with Gasteiger partial charge in [-0.1, -0.05) is 6.42 Å². The molecule has 3 heteroatoms. The summed E-state index contributed by atoms with van der Waals surface area (Å²) in [6.07, 6.45) is 7.35. The van der Waals surface area contributed by atoms with Gasteiger partial charge in [0, 0.05) is 18.6 Å². The second-order valence-corrected chi connectivity index (χ2v) is 7.28. The van der Waals surface area contributed by atoms with Gasteiger partial charge in [-0.05, 0) is 55.8 Å². The molecule has 0 aromatic rings. The molecule has 1 aliphatic heterocycles. The molecule has 6 unspecified atom stereocenters. The SMILES string of the molecule is NCC1(C2(O)CC3CC2C2CCCC32)CCOC1. The second kappa shape index (κ2) is 3.71. The highest BCUT2D eigenvalue weighted by Crippen LogP contribution is 2.66. The first-order chi connectivity index (χ1) is 8.70. The van der Waals surface area contributed by atoms with Crippen LogP contribution in [0.25, 0.3) is 0 Å². The number of hydrogen-bond donors (Lipinski definition) is 2. The van der Waals surface area contributed by atoms with Gasteiger partial charge in [0.05, 0.1) is 12.2 Å². The van der Waals surface area contributed by atoms with Crippen LogP contribution in [0.1, 0.15) is 38.5 Å². The lowest BCUT2D eigenvalue weighted by atomic mass is 9.60. The first kappa shape index (κ1) is 11.7. The Labute approximate surface area is 109 Å². The van der Waals surface area contributed by atoms with Gasteiger partial charge >= 0.3 is 0 Å². The van der Waals surface area contributed by atoms with Crippen molar-refractivity contribution in [3.8, 4) is 0 Å². The molecule has 4 fully saturated rings. The van der Waals surface area contributed by atoms with Gasteiger partial charge in [-0.25, -0.2) is 0 Å². The normalized spacial score (nSPS) is 58.3. The van der Waals surface area contributed by atoms with Crippen molar-refractivity contribution in [1.82, 2.24) is 0 Å². The van der Waals surface area contributed by atoms with Crippen LogP contribution < -0.4 is 5.73 Å². The van der Waals surface area contributed by atoms with Crippen LogP contribution in [0.4, 0.5) is 0 Å². The van der Waals surface area contributed by atoms with E-state index in [0.29, 0.717) is 19.1 Å². The summed E-state index contributed by atoms with van der Waals surface area (Å²) >= 11 is 0. The van der Waals surface area contributed by atoms with Crippen LogP contribution in [0.15, 0.2) is 0 Å². The lowest BCUT2D eigenvalue weighted by molar-refractivity contribution is -0.139. The summed E-state index contributed by atoms with van der Waals surface area (Å²) in [5, 5.41) is 11.4. The third-order valence-electron chi connectivity index (χ3n) is 6.90. The van der Waals surface area contributed by atoms with Crippen LogP contribution in [-0.2, 0) is 4.74 Å². The number of ether oxygens (including phenoxy) is 1. The first-order valence-electron chi connectivity index (χ1n) is 7.70. The highest BCUT2D eigenvalue weighted by Gasteiger charge is 2.67. The molecular weight excluding hydrogens is 226 g/mol. The van der Waals surface area contributed by atoms with Gasteiger partial charge in [-0.2, -0.15) is 0 Å². The molecule has 6 atom stereocenters. The molecule has 102 valence electrons. The summed E-state index contributed by atoms with van der Waals surface area (Å²) in [7, 11) is 0. The maximum atomic E-state index is 11.4. The molecule has 3 nitrogen and oxygen atoms in total. The third kappa shape index (κ3) is 1.21. The van der Waals surface area contributed by atoms with E-state index in [1.807, 2.05) is 0 Å². The fourth-order valence-electron chi connectivity index (χ4n) is 6.01. The van der Waals surface area contributed by atoms with E-state index in [2.05, 4.69) is 0 Å². The summed E-state index contributed by atoms with van der Waals surface area (Å²) in [6, 6.07) is 0. The van der Waals surface area contributed by atoms with Crippen LogP contribution in [-0.4, -0.2) is 30.5 Å². The van der Waals surface area contributed by atoms with Crippen molar-refractivity contribution in [3.63, 3.8) is 0 Å². The number of fused-ring (bicyclic) bond motifs is 5. The fourth-order valence-corrected chi connectivity index (χ4v) is 6.01. The van der Waals surface area contributed by atoms with E-state index < -0.39 is 5.60 Å². The molecular formula is C15H25NO2. The second-order valence-electron chi connectivity index (χ2n) is 7.28. The van der Waals surface area contributed by atoms with Gasteiger partial charge in [0.1, 0.15) is 0 Å². The average Bonchev–Trinajstić information content (AvgIpc) is 3.10. The highest BCUT2D eigenvalue weighted by molar-refractivity contribution is 5.17. The largest absolute Gasteiger partial charge is 0.389 e. The zero-order valence-corrected chi connectivity index (χ0v) is 11.1. The van der Waals surface area contributed by atoms with Gasteiger partial charge in [0.2, 0.25) is 0 Å². The van der Waals surface area contributed by atoms with Crippen molar-refractivity contribution < 1.29 is 9.84 Å². The molecule has 3 saturated carbocycles. The molecule has 2 bridgehead atoms. The lowest BCUT2D eigenvalue weighted by Gasteiger charge is -2.49. The van der Waals surface area contributed by atoms with Crippen molar-refractivity contribution in [2.45, 2.75) is 44.1 Å². The zero-order chi connectivity index (χ0) is 12.4. The van der Waals surface area contributed by atoms with Gasteiger partial charge in [0.25, 0.3) is 0 Å². The number of hydrogen-bond acceptors (Lipinski definition) is 3. The van der Waals surface area contributed by atoms with E-state index >= 15 is 0 Å². The molecule has 0 aromatic heterocycles. The average molecular weight is 251 g/mol. The van der Waals surface area contributed by atoms with Crippen molar-refractivity contribution in [3.05, 3.63) is 0 Å². The summed E-state index contributed by atoms with van der Waals surface area (Å²) in [6.45, 7) is 2.05. The lowest BCUT2D eigenvalue weighted by Crippen LogP contribution is -2.58. The van der Waals surface area contributed by atoms with Crippen LogP contribution >= 0.6 is 0 Å². The van der Waals surface area contributed by atoms with Crippen LogP contribution in [0.2, 0.25) is 0 Å². The number of nitrogens with two attached hydrogens (primary N) is 1. The minimum atomic E-state index is -0.519. The first-order valence-corrected chi connectivity index (χ1v) is 7.70. The molecule has 0 spiro atoms. The quantitative estimate of drug-likeness (QED) is 0.782. The predicted octanol–water partition coefficient (Wildman–Crippen LogP) is 1.54. The topological polar surface area (TPSA) is 55.5 Å². The van der Waals surface area contributed by atoms with E-state index in [1.54, 1.807) is 0 Å². The van der Waals surface area contributed by atoms with Gasteiger partial charge in [-0.15, -0.1) is 0 Å². The van der Waals surface area contributed by atoms with Gasteiger partial charge in [-0.3, -0.25) is 0 Å². The molecule has 18 heavy (non-hydrogen) atoms. The Balaban J connectivity index is 1.68. The Morgan fingerprint density at radius 2 is 2.11 bits per heavy atom. The van der Waals surface area contributed by atoms with E-state index in [0.717, 1.165) is 37.2 Å². The third-order valence-corrected chi connectivity index (χ3v) is 6.90. The minimum absolute atomic E-state index is 0.139. The molecule has 0 radical (unpaired) electrons. The Kier molecular flexibility index (Phi) is 2.41. The Hall–Kier alpha value is -0.120. The molecule has 1 heterocycles.